The van der Waals surface area contributed by atoms with Crippen LogP contribution >= 0.6 is 0 Å². The van der Waals surface area contributed by atoms with Crippen LogP contribution in [0.1, 0.15) is 46.9 Å². The Hall–Kier alpha value is -2.29. The summed E-state index contributed by atoms with van der Waals surface area (Å²) in [5, 5.41) is 12.5. The van der Waals surface area contributed by atoms with Gasteiger partial charge >= 0.3 is 5.97 Å². The average molecular weight is 283 g/mol. The summed E-state index contributed by atoms with van der Waals surface area (Å²) >= 11 is 0. The van der Waals surface area contributed by atoms with Crippen molar-refractivity contribution in [3.05, 3.63) is 64.7 Å². The molecule has 2 aromatic carbocycles. The number of hydrogen-bond donors (Lipinski definition) is 2. The summed E-state index contributed by atoms with van der Waals surface area (Å²) < 4.78 is 0. The molecule has 0 amide bonds. The van der Waals surface area contributed by atoms with Crippen LogP contribution in [0.25, 0.3) is 0 Å². The van der Waals surface area contributed by atoms with Crippen LogP contribution in [-0.2, 0) is 6.42 Å². The van der Waals surface area contributed by atoms with Gasteiger partial charge in [-0.15, -0.1) is 0 Å². The fraction of sp³-hybridized carbons (Fsp3) is 0.278. The Balaban J connectivity index is 2.19. The van der Waals surface area contributed by atoms with Gasteiger partial charge in [-0.1, -0.05) is 37.3 Å². The zero-order valence-electron chi connectivity index (χ0n) is 12.7. The van der Waals surface area contributed by atoms with Crippen molar-refractivity contribution in [2.45, 2.75) is 33.2 Å². The first-order valence-electron chi connectivity index (χ1n) is 7.20. The van der Waals surface area contributed by atoms with Crippen molar-refractivity contribution < 1.29 is 9.90 Å². The molecule has 0 saturated heterocycles. The first-order valence-corrected chi connectivity index (χ1v) is 7.20. The summed E-state index contributed by atoms with van der Waals surface area (Å²) in [7, 11) is 0. The van der Waals surface area contributed by atoms with Crippen LogP contribution in [0.3, 0.4) is 0 Å². The Labute approximate surface area is 125 Å². The summed E-state index contributed by atoms with van der Waals surface area (Å²) in [5.41, 5.74) is 4.71. The molecule has 0 aliphatic rings. The van der Waals surface area contributed by atoms with E-state index in [4.69, 9.17) is 5.11 Å². The minimum atomic E-state index is -0.905. The normalized spacial score (nSPS) is 12.0. The molecule has 0 heterocycles. The largest absolute Gasteiger partial charge is 0.478 e. The fourth-order valence-corrected chi connectivity index (χ4v) is 2.27. The van der Waals surface area contributed by atoms with Crippen LogP contribution in [0.4, 0.5) is 5.69 Å². The molecule has 2 N–H and O–H groups in total. The summed E-state index contributed by atoms with van der Waals surface area (Å²) in [5.74, 6) is -0.905. The smallest absolute Gasteiger partial charge is 0.335 e. The van der Waals surface area contributed by atoms with Crippen LogP contribution in [0.15, 0.2) is 42.5 Å². The highest BCUT2D eigenvalue weighted by molar-refractivity contribution is 5.89. The molecule has 0 aromatic heterocycles. The number of aryl methyl sites for hydroxylation is 2. The zero-order chi connectivity index (χ0) is 15.4. The number of nitrogens with one attached hydrogen (secondary N) is 1. The molecule has 0 fully saturated rings. The quantitative estimate of drug-likeness (QED) is 0.853. The van der Waals surface area contributed by atoms with Crippen molar-refractivity contribution in [2.24, 2.45) is 0 Å². The van der Waals surface area contributed by atoms with Crippen LogP contribution in [-0.4, -0.2) is 11.1 Å². The average Bonchev–Trinajstić information content (AvgIpc) is 2.49. The third-order valence-corrected chi connectivity index (χ3v) is 3.74. The summed E-state index contributed by atoms with van der Waals surface area (Å²) in [6.07, 6.45) is 1.03. The minimum absolute atomic E-state index is 0.124. The van der Waals surface area contributed by atoms with Gasteiger partial charge in [0, 0.05) is 11.7 Å². The molecule has 3 nitrogen and oxygen atoms in total. The molecule has 2 rings (SSSR count). The first-order chi connectivity index (χ1) is 10.0. The van der Waals surface area contributed by atoms with Gasteiger partial charge in [-0.05, 0) is 49.1 Å². The number of carbonyl (C=O) groups is 1. The van der Waals surface area contributed by atoms with Gasteiger partial charge in [0.1, 0.15) is 0 Å². The molecule has 1 atom stereocenters. The van der Waals surface area contributed by atoms with E-state index in [0.29, 0.717) is 5.56 Å². The standard InChI is InChI=1S/C18H21NO2/c1-4-14-6-9-15(10-7-14)13(3)19-17-11-16(18(20)21)8-5-12(17)2/h5-11,13,19H,4H2,1-3H3,(H,20,21). The number of aromatic carboxylic acids is 1. The monoisotopic (exact) mass is 283 g/mol. The Morgan fingerprint density at radius 3 is 2.43 bits per heavy atom. The molecule has 21 heavy (non-hydrogen) atoms. The molecule has 0 radical (unpaired) electrons. The van der Waals surface area contributed by atoms with E-state index >= 15 is 0 Å². The van der Waals surface area contributed by atoms with Crippen LogP contribution in [0.5, 0.6) is 0 Å². The molecule has 1 unspecified atom stereocenters. The maximum atomic E-state index is 11.1. The lowest BCUT2D eigenvalue weighted by Gasteiger charge is -2.18. The molecule has 110 valence electrons. The second-order valence-electron chi connectivity index (χ2n) is 5.30. The number of carboxylic acids is 1. The molecule has 0 saturated carbocycles. The van der Waals surface area contributed by atoms with Gasteiger partial charge in [0.25, 0.3) is 0 Å². The van der Waals surface area contributed by atoms with E-state index in [9.17, 15) is 4.79 Å². The van der Waals surface area contributed by atoms with Crippen LogP contribution in [0.2, 0.25) is 0 Å². The molecule has 2 aromatic rings. The Kier molecular flexibility index (Phi) is 4.63. The molecule has 0 aliphatic heterocycles. The van der Waals surface area contributed by atoms with E-state index in [1.54, 1.807) is 12.1 Å². The van der Waals surface area contributed by atoms with Crippen molar-refractivity contribution in [1.29, 1.82) is 0 Å². The summed E-state index contributed by atoms with van der Waals surface area (Å²) in [6, 6.07) is 13.8. The topological polar surface area (TPSA) is 49.3 Å². The Bertz CT molecular complexity index is 632. The van der Waals surface area contributed by atoms with Crippen molar-refractivity contribution in [3.8, 4) is 0 Å². The van der Waals surface area contributed by atoms with Crippen LogP contribution in [0, 0.1) is 6.92 Å². The third kappa shape index (κ3) is 3.63. The van der Waals surface area contributed by atoms with E-state index in [2.05, 4.69) is 43.4 Å². The number of carboxylic acid groups (broad SMARTS) is 1. The highest BCUT2D eigenvalue weighted by Gasteiger charge is 2.10. The lowest BCUT2D eigenvalue weighted by molar-refractivity contribution is 0.0697. The van der Waals surface area contributed by atoms with E-state index < -0.39 is 5.97 Å². The van der Waals surface area contributed by atoms with E-state index in [-0.39, 0.29) is 6.04 Å². The number of anilines is 1. The second kappa shape index (κ2) is 6.44. The predicted molar refractivity (Wildman–Crippen MR) is 86.0 cm³/mol. The van der Waals surface area contributed by atoms with Crippen molar-refractivity contribution in [3.63, 3.8) is 0 Å². The lowest BCUT2D eigenvalue weighted by atomic mass is 10.0. The maximum absolute atomic E-state index is 11.1. The lowest BCUT2D eigenvalue weighted by Crippen LogP contribution is -2.09. The van der Waals surface area contributed by atoms with E-state index in [1.165, 1.54) is 11.1 Å². The second-order valence-corrected chi connectivity index (χ2v) is 5.30. The fourth-order valence-electron chi connectivity index (χ4n) is 2.27. The molecule has 3 heteroatoms. The molecule has 0 bridgehead atoms. The molecular formula is C18H21NO2. The maximum Gasteiger partial charge on any atom is 0.335 e. The van der Waals surface area contributed by atoms with Gasteiger partial charge in [0.15, 0.2) is 0 Å². The number of benzene rings is 2. The first kappa shape index (κ1) is 15.1. The predicted octanol–water partition coefficient (Wildman–Crippen LogP) is 4.43. The highest BCUT2D eigenvalue weighted by atomic mass is 16.4. The van der Waals surface area contributed by atoms with Gasteiger partial charge in [0.2, 0.25) is 0 Å². The molecule has 0 aliphatic carbocycles. The minimum Gasteiger partial charge on any atom is -0.478 e. The van der Waals surface area contributed by atoms with Gasteiger partial charge in [-0.2, -0.15) is 0 Å². The number of rotatable bonds is 5. The molecule has 0 spiro atoms. The van der Waals surface area contributed by atoms with Gasteiger partial charge < -0.3 is 10.4 Å². The third-order valence-electron chi connectivity index (χ3n) is 3.74. The molecular weight excluding hydrogens is 262 g/mol. The van der Waals surface area contributed by atoms with Crippen molar-refractivity contribution >= 4 is 11.7 Å². The van der Waals surface area contributed by atoms with Gasteiger partial charge in [0.05, 0.1) is 5.56 Å². The Morgan fingerprint density at radius 2 is 1.86 bits per heavy atom. The number of hydrogen-bond acceptors (Lipinski definition) is 2. The highest BCUT2D eigenvalue weighted by Crippen LogP contribution is 2.23. The Morgan fingerprint density at radius 1 is 1.19 bits per heavy atom. The van der Waals surface area contributed by atoms with Gasteiger partial charge in [-0.25, -0.2) is 4.79 Å². The summed E-state index contributed by atoms with van der Waals surface area (Å²) in [4.78, 5) is 11.1. The van der Waals surface area contributed by atoms with E-state index in [0.717, 1.165) is 17.7 Å². The van der Waals surface area contributed by atoms with Crippen molar-refractivity contribution in [2.75, 3.05) is 5.32 Å². The van der Waals surface area contributed by atoms with Crippen molar-refractivity contribution in [1.82, 2.24) is 0 Å². The SMILES string of the molecule is CCc1ccc(C(C)Nc2cc(C(=O)O)ccc2C)cc1. The zero-order valence-corrected chi connectivity index (χ0v) is 12.7. The van der Waals surface area contributed by atoms with Gasteiger partial charge in [-0.3, -0.25) is 0 Å². The summed E-state index contributed by atoms with van der Waals surface area (Å²) in [6.45, 7) is 6.19. The van der Waals surface area contributed by atoms with E-state index in [1.807, 2.05) is 13.0 Å². The van der Waals surface area contributed by atoms with Crippen LogP contribution < -0.4 is 5.32 Å².